The minimum Gasteiger partial charge on any atom is -0.338 e. The van der Waals surface area contributed by atoms with Gasteiger partial charge in [-0.1, -0.05) is 148 Å². The lowest BCUT2D eigenvalue weighted by atomic mass is 9.90. The molecule has 64 heavy (non-hydrogen) atoms. The van der Waals surface area contributed by atoms with E-state index in [1.165, 1.54) is 16.9 Å². The summed E-state index contributed by atoms with van der Waals surface area (Å²) in [7, 11) is 0. The van der Waals surface area contributed by atoms with Gasteiger partial charge in [0.2, 0.25) is 5.13 Å². The van der Waals surface area contributed by atoms with Crippen molar-refractivity contribution in [2.24, 2.45) is 10.2 Å². The first kappa shape index (κ1) is 42.2. The molecule has 318 valence electrons. The van der Waals surface area contributed by atoms with E-state index in [0.717, 1.165) is 71.2 Å². The predicted octanol–water partition coefficient (Wildman–Crippen LogP) is 15.4. The van der Waals surface area contributed by atoms with Gasteiger partial charge in [0.15, 0.2) is 16.8 Å². The molecule has 0 aliphatic heterocycles. The maximum absolute atomic E-state index is 10.7. The Bertz CT molecular complexity index is 3190. The molecule has 0 amide bonds. The normalized spacial score (nSPS) is 12.3. The molecule has 0 aliphatic rings. The highest BCUT2D eigenvalue weighted by atomic mass is 32.1. The molecule has 1 N–H and O–H groups in total. The van der Waals surface area contributed by atoms with Crippen molar-refractivity contribution >= 4 is 82.8 Å². The van der Waals surface area contributed by atoms with Crippen molar-refractivity contribution in [3.8, 4) is 22.3 Å². The van der Waals surface area contributed by atoms with E-state index in [0.29, 0.717) is 39.5 Å². The molecule has 1 unspecified atom stereocenters. The molecule has 4 heterocycles. The van der Waals surface area contributed by atoms with Crippen LogP contribution in [0.25, 0.3) is 36.7 Å². The van der Waals surface area contributed by atoms with Crippen LogP contribution in [0.1, 0.15) is 80.5 Å². The van der Waals surface area contributed by atoms with Crippen LogP contribution < -0.4 is 10.2 Å². The molecular formula is C52H48N10S2. The van der Waals surface area contributed by atoms with Crippen LogP contribution in [-0.2, 0) is 5.41 Å². The highest BCUT2D eigenvalue weighted by Crippen LogP contribution is 2.47. The lowest BCUT2D eigenvalue weighted by Gasteiger charge is -2.29. The van der Waals surface area contributed by atoms with E-state index < -0.39 is 5.41 Å². The summed E-state index contributed by atoms with van der Waals surface area (Å²) in [5.41, 5.74) is 11.0. The number of para-hydroxylation sites is 4. The predicted molar refractivity (Wildman–Crippen MR) is 265 cm³/mol. The van der Waals surface area contributed by atoms with Crippen molar-refractivity contribution in [2.45, 2.75) is 73.1 Å². The Morgan fingerprint density at radius 3 is 2.12 bits per heavy atom. The van der Waals surface area contributed by atoms with E-state index in [1.807, 2.05) is 76.2 Å². The second-order valence-corrected chi connectivity index (χ2v) is 19.1. The van der Waals surface area contributed by atoms with Crippen LogP contribution in [0.4, 0.5) is 39.6 Å². The molecular weight excluding hydrogens is 829 g/mol. The lowest BCUT2D eigenvalue weighted by molar-refractivity contribution is 0.559. The second kappa shape index (κ2) is 17.2. The molecule has 0 radical (unpaired) electrons. The summed E-state index contributed by atoms with van der Waals surface area (Å²) in [6.45, 7) is 16.9. The quantitative estimate of drug-likeness (QED) is 0.128. The molecule has 0 fully saturated rings. The van der Waals surface area contributed by atoms with E-state index in [9.17, 15) is 5.26 Å². The summed E-state index contributed by atoms with van der Waals surface area (Å²) in [6.07, 6.45) is 0.966. The molecule has 0 spiro atoms. The number of hydrogen-bond acceptors (Lipinski definition) is 11. The number of nitrogens with zero attached hydrogens (tertiary/aromatic N) is 9. The lowest BCUT2D eigenvalue weighted by Crippen LogP contribution is -2.16. The Morgan fingerprint density at radius 2 is 1.44 bits per heavy atom. The topological polar surface area (TPSA) is 120 Å². The smallest absolute Gasteiger partial charge is 0.213 e. The highest BCUT2D eigenvalue weighted by Gasteiger charge is 2.30. The zero-order valence-corrected chi connectivity index (χ0v) is 38.8. The second-order valence-electron chi connectivity index (χ2n) is 17.1. The van der Waals surface area contributed by atoms with Crippen LogP contribution in [0, 0.1) is 32.1 Å². The number of benzene rings is 5. The number of nitrogens with one attached hydrogen (secondary N) is 1. The Labute approximate surface area is 381 Å². The summed E-state index contributed by atoms with van der Waals surface area (Å²) in [6, 6.07) is 43.8. The highest BCUT2D eigenvalue weighted by molar-refractivity contribution is 7.22. The van der Waals surface area contributed by atoms with Crippen molar-refractivity contribution < 1.29 is 0 Å². The molecule has 0 saturated heterocycles. The largest absolute Gasteiger partial charge is 0.338 e. The first-order chi connectivity index (χ1) is 30.9. The summed E-state index contributed by atoms with van der Waals surface area (Å²) in [5, 5.41) is 30.9. The third-order valence-corrected chi connectivity index (χ3v) is 13.5. The van der Waals surface area contributed by atoms with Gasteiger partial charge in [0.05, 0.1) is 37.5 Å². The number of thiazole rings is 2. The zero-order valence-electron chi connectivity index (χ0n) is 37.2. The Hall–Kier alpha value is -7.07. The van der Waals surface area contributed by atoms with Gasteiger partial charge in [-0.25, -0.2) is 15.0 Å². The third-order valence-electron chi connectivity index (χ3n) is 11.5. The molecule has 4 aromatic heterocycles. The average Bonchev–Trinajstić information content (AvgIpc) is 4.03. The van der Waals surface area contributed by atoms with Crippen molar-refractivity contribution in [2.75, 3.05) is 10.2 Å². The maximum Gasteiger partial charge on any atom is 0.213 e. The van der Waals surface area contributed by atoms with Crippen LogP contribution in [0.2, 0.25) is 0 Å². The fourth-order valence-electron chi connectivity index (χ4n) is 7.97. The maximum atomic E-state index is 10.7. The van der Waals surface area contributed by atoms with Crippen LogP contribution >= 0.6 is 22.7 Å². The Morgan fingerprint density at radius 1 is 0.766 bits per heavy atom. The van der Waals surface area contributed by atoms with Crippen LogP contribution in [0.3, 0.4) is 0 Å². The molecule has 9 rings (SSSR count). The van der Waals surface area contributed by atoms with Gasteiger partial charge in [0.1, 0.15) is 23.1 Å². The third kappa shape index (κ3) is 7.93. The minimum absolute atomic E-state index is 0.270. The van der Waals surface area contributed by atoms with Crippen LogP contribution in [0.15, 0.2) is 132 Å². The molecule has 12 heteroatoms. The first-order valence-electron chi connectivity index (χ1n) is 21.4. The van der Waals surface area contributed by atoms with E-state index in [2.05, 4.69) is 117 Å². The van der Waals surface area contributed by atoms with Gasteiger partial charge in [0, 0.05) is 11.0 Å². The summed E-state index contributed by atoms with van der Waals surface area (Å²) < 4.78 is 3.75. The molecule has 10 nitrogen and oxygen atoms in total. The standard InChI is InChI=1S/C52H48N10S2/c1-9-31(2)36-23-18-20-33(4)46(36)61(50-54-39-25-13-15-27-41(39)63-50)43-29-34(5)45(48(56-43)57-44-32(3)19-17-24-37(44)35-21-11-10-12-22-35)58-59-49-38(30-53)47(52(6,7)8)60-62(49)51-55-40-26-14-16-28-42(40)64-51/h10-29,31H,9H2,1-8H3,(H,56,57)/b59-58+. The number of aryl methyl sites for hydroxylation is 3. The summed E-state index contributed by atoms with van der Waals surface area (Å²) >= 11 is 3.13. The molecule has 0 aliphatic carbocycles. The zero-order chi connectivity index (χ0) is 44.7. The van der Waals surface area contributed by atoms with Gasteiger partial charge in [-0.05, 0) is 91.3 Å². The van der Waals surface area contributed by atoms with E-state index in [-0.39, 0.29) is 5.92 Å². The van der Waals surface area contributed by atoms with Gasteiger partial charge in [-0.15, -0.1) is 10.2 Å². The number of aromatic nitrogens is 5. The van der Waals surface area contributed by atoms with Gasteiger partial charge in [0.25, 0.3) is 0 Å². The molecule has 9 aromatic rings. The van der Waals surface area contributed by atoms with Crippen molar-refractivity contribution in [3.63, 3.8) is 0 Å². The number of azo groups is 1. The molecule has 0 saturated carbocycles. The number of hydrogen-bond donors (Lipinski definition) is 1. The van der Waals surface area contributed by atoms with E-state index in [1.54, 1.807) is 16.0 Å². The van der Waals surface area contributed by atoms with Gasteiger partial charge < -0.3 is 5.32 Å². The number of fused-ring (bicyclic) bond motifs is 2. The summed E-state index contributed by atoms with van der Waals surface area (Å²) in [5.74, 6) is 1.75. The SMILES string of the molecule is CCC(C)c1cccc(C)c1N(c1cc(C)c(/N=N/c2c(C#N)c(C(C)(C)C)nn2-c2nc3ccccc3s2)c(Nc2c(C)cccc2-c2ccccc2)n1)c1nc2ccccc2s1. The van der Waals surface area contributed by atoms with E-state index in [4.69, 9.17) is 30.3 Å². The fraction of sp³-hybridized carbons (Fsp3) is 0.212. The monoisotopic (exact) mass is 876 g/mol. The fourth-order valence-corrected chi connectivity index (χ4v) is 9.87. The van der Waals surface area contributed by atoms with Crippen LogP contribution in [-0.4, -0.2) is 24.7 Å². The number of pyridine rings is 1. The minimum atomic E-state index is -0.463. The van der Waals surface area contributed by atoms with Crippen molar-refractivity contribution in [1.82, 2.24) is 24.7 Å². The van der Waals surface area contributed by atoms with E-state index >= 15 is 0 Å². The van der Waals surface area contributed by atoms with Crippen molar-refractivity contribution in [3.05, 3.63) is 155 Å². The first-order valence-corrected chi connectivity index (χ1v) is 23.1. The Balaban J connectivity index is 1.29. The number of nitriles is 1. The van der Waals surface area contributed by atoms with Gasteiger partial charge in [-0.3, -0.25) is 4.90 Å². The van der Waals surface area contributed by atoms with Crippen LogP contribution in [0.5, 0.6) is 0 Å². The van der Waals surface area contributed by atoms with Gasteiger partial charge >= 0.3 is 0 Å². The molecule has 0 bridgehead atoms. The molecule has 1 atom stereocenters. The average molecular weight is 877 g/mol. The number of rotatable bonds is 11. The molecule has 5 aromatic carbocycles. The van der Waals surface area contributed by atoms with Gasteiger partial charge in [-0.2, -0.15) is 15.0 Å². The van der Waals surface area contributed by atoms with Crippen molar-refractivity contribution in [1.29, 1.82) is 5.26 Å². The Kier molecular flexibility index (Phi) is 11.4. The summed E-state index contributed by atoms with van der Waals surface area (Å²) in [4.78, 5) is 17.9. The number of anilines is 5.